The largest absolute Gasteiger partial charge is 0.444 e. The van der Waals surface area contributed by atoms with E-state index < -0.39 is 11.7 Å². The topological polar surface area (TPSA) is 136 Å². The van der Waals surface area contributed by atoms with Gasteiger partial charge in [0.2, 0.25) is 11.9 Å². The van der Waals surface area contributed by atoms with Crippen molar-refractivity contribution in [3.8, 4) is 5.69 Å². The number of hydrogen-bond acceptors (Lipinski definition) is 8. The van der Waals surface area contributed by atoms with Crippen molar-refractivity contribution in [2.45, 2.75) is 58.7 Å². The molecule has 3 aromatic heterocycles. The first-order chi connectivity index (χ1) is 17.1. The Morgan fingerprint density at radius 1 is 1.14 bits per heavy atom. The second kappa shape index (κ2) is 12.3. The van der Waals surface area contributed by atoms with Gasteiger partial charge in [0.25, 0.3) is 0 Å². The maximum absolute atomic E-state index is 12.1. The van der Waals surface area contributed by atoms with Gasteiger partial charge in [-0.05, 0) is 39.8 Å². The molecule has 1 unspecified atom stereocenters. The van der Waals surface area contributed by atoms with E-state index in [9.17, 15) is 9.59 Å². The van der Waals surface area contributed by atoms with E-state index in [-0.39, 0.29) is 24.9 Å². The summed E-state index contributed by atoms with van der Waals surface area (Å²) >= 11 is 6.18. The fourth-order valence-corrected chi connectivity index (χ4v) is 3.32. The summed E-state index contributed by atoms with van der Waals surface area (Å²) in [5.74, 6) is 0.289. The van der Waals surface area contributed by atoms with Gasteiger partial charge in [0, 0.05) is 49.9 Å². The molecule has 3 aromatic rings. The highest BCUT2D eigenvalue weighted by molar-refractivity contribution is 6.31. The van der Waals surface area contributed by atoms with E-state index in [0.717, 1.165) is 11.3 Å². The Labute approximate surface area is 215 Å². The van der Waals surface area contributed by atoms with Gasteiger partial charge < -0.3 is 20.7 Å². The van der Waals surface area contributed by atoms with Crippen LogP contribution in [-0.4, -0.2) is 54.9 Å². The number of alkyl carbamates (subject to hydrolysis) is 1. The molecule has 11 nitrogen and oxygen atoms in total. The number of carbonyl (C=O) groups is 2. The van der Waals surface area contributed by atoms with Gasteiger partial charge in [0.05, 0.1) is 29.3 Å². The highest BCUT2D eigenvalue weighted by Gasteiger charge is 2.16. The maximum Gasteiger partial charge on any atom is 0.407 e. The third-order valence-corrected chi connectivity index (χ3v) is 5.10. The predicted molar refractivity (Wildman–Crippen MR) is 136 cm³/mol. The molecule has 0 saturated heterocycles. The molecule has 0 fully saturated rings. The molecule has 0 spiro atoms. The van der Waals surface area contributed by atoms with Crippen LogP contribution in [0.2, 0.25) is 5.02 Å². The van der Waals surface area contributed by atoms with Gasteiger partial charge >= 0.3 is 6.09 Å². The third-order valence-electron chi connectivity index (χ3n) is 4.76. The van der Waals surface area contributed by atoms with Gasteiger partial charge in [-0.15, -0.1) is 0 Å². The summed E-state index contributed by atoms with van der Waals surface area (Å²) < 4.78 is 6.77. The molecule has 2 amide bonds. The minimum Gasteiger partial charge on any atom is -0.444 e. The van der Waals surface area contributed by atoms with E-state index in [1.807, 2.05) is 13.0 Å². The average Bonchev–Trinajstić information content (AvgIpc) is 3.28. The van der Waals surface area contributed by atoms with Crippen LogP contribution in [-0.2, 0) is 22.5 Å². The van der Waals surface area contributed by atoms with Crippen LogP contribution in [0.25, 0.3) is 5.69 Å². The van der Waals surface area contributed by atoms with Crippen LogP contribution in [0.1, 0.15) is 45.4 Å². The van der Waals surface area contributed by atoms with Crippen LogP contribution in [0.4, 0.5) is 10.7 Å². The maximum atomic E-state index is 12.1. The lowest BCUT2D eigenvalue weighted by atomic mass is 10.1. The average molecular weight is 515 g/mol. The summed E-state index contributed by atoms with van der Waals surface area (Å²) in [5.41, 5.74) is 1.72. The second-order valence-electron chi connectivity index (χ2n) is 9.19. The van der Waals surface area contributed by atoms with Crippen molar-refractivity contribution in [3.63, 3.8) is 0 Å². The van der Waals surface area contributed by atoms with E-state index in [1.54, 1.807) is 62.5 Å². The second-order valence-corrected chi connectivity index (χ2v) is 9.60. The Kier molecular flexibility index (Phi) is 9.18. The van der Waals surface area contributed by atoms with Gasteiger partial charge in [0.15, 0.2) is 0 Å². The number of nitrogens with zero attached hydrogens (tertiary/aromatic N) is 5. The van der Waals surface area contributed by atoms with E-state index >= 15 is 0 Å². The SMILES string of the molecule is CC(Cc1ncccc1Cl)Nc1ncc(-n2cc(CNC(=O)CCNC(=O)OC(C)(C)C)cn2)cn1. The molecule has 0 aliphatic carbocycles. The van der Waals surface area contributed by atoms with Crippen molar-refractivity contribution in [2.75, 3.05) is 11.9 Å². The molecule has 0 radical (unpaired) electrons. The highest BCUT2D eigenvalue weighted by Crippen LogP contribution is 2.15. The molecule has 192 valence electrons. The molecule has 3 rings (SSSR count). The number of nitrogens with one attached hydrogen (secondary N) is 3. The van der Waals surface area contributed by atoms with Crippen LogP contribution in [0.15, 0.2) is 43.1 Å². The van der Waals surface area contributed by atoms with Gasteiger partial charge in [0.1, 0.15) is 11.3 Å². The van der Waals surface area contributed by atoms with Gasteiger partial charge in [-0.25, -0.2) is 19.4 Å². The highest BCUT2D eigenvalue weighted by atomic mass is 35.5. The first-order valence-corrected chi connectivity index (χ1v) is 11.9. The zero-order valence-electron chi connectivity index (χ0n) is 20.8. The lowest BCUT2D eigenvalue weighted by molar-refractivity contribution is -0.121. The minimum atomic E-state index is -0.582. The Morgan fingerprint density at radius 2 is 1.89 bits per heavy atom. The molecule has 3 N–H and O–H groups in total. The predicted octanol–water partition coefficient (Wildman–Crippen LogP) is 3.28. The molecule has 0 saturated carbocycles. The molecule has 0 aliphatic heterocycles. The van der Waals surface area contributed by atoms with Crippen LogP contribution < -0.4 is 16.0 Å². The van der Waals surface area contributed by atoms with Gasteiger partial charge in [-0.3, -0.25) is 9.78 Å². The minimum absolute atomic E-state index is 0.0301. The zero-order chi connectivity index (χ0) is 26.1. The quantitative estimate of drug-likeness (QED) is 0.375. The lowest BCUT2D eigenvalue weighted by Gasteiger charge is -2.19. The molecule has 0 aromatic carbocycles. The number of halogens is 1. The molecular weight excluding hydrogens is 484 g/mol. The zero-order valence-corrected chi connectivity index (χ0v) is 21.5. The summed E-state index contributed by atoms with van der Waals surface area (Å²) in [6.45, 7) is 7.83. The number of rotatable bonds is 10. The smallest absolute Gasteiger partial charge is 0.407 e. The van der Waals surface area contributed by atoms with Crippen molar-refractivity contribution < 1.29 is 14.3 Å². The Balaban J connectivity index is 1.43. The molecule has 3 heterocycles. The molecule has 12 heteroatoms. The van der Waals surface area contributed by atoms with Crippen molar-refractivity contribution >= 4 is 29.5 Å². The number of aromatic nitrogens is 5. The number of hydrogen-bond donors (Lipinski definition) is 3. The number of ether oxygens (including phenoxy) is 1. The molecule has 1 atom stereocenters. The van der Waals surface area contributed by atoms with Gasteiger partial charge in [-0.2, -0.15) is 5.10 Å². The first-order valence-electron chi connectivity index (χ1n) is 11.5. The molecule has 0 bridgehead atoms. The third kappa shape index (κ3) is 8.81. The Morgan fingerprint density at radius 3 is 2.58 bits per heavy atom. The van der Waals surface area contributed by atoms with Crippen molar-refractivity contribution in [3.05, 3.63) is 59.4 Å². The summed E-state index contributed by atoms with van der Waals surface area (Å²) in [4.78, 5) is 36.7. The van der Waals surface area contributed by atoms with Crippen LogP contribution in [0.5, 0.6) is 0 Å². The summed E-state index contributed by atoms with van der Waals surface area (Å²) in [7, 11) is 0. The van der Waals surface area contributed by atoms with Crippen LogP contribution in [0, 0.1) is 0 Å². The van der Waals surface area contributed by atoms with Crippen LogP contribution in [0.3, 0.4) is 0 Å². The summed E-state index contributed by atoms with van der Waals surface area (Å²) in [5, 5.41) is 13.5. The standard InChI is InChI=1S/C24H31ClN8O3/c1-16(10-20-19(25)6-5-8-26-20)32-22-29-13-18(14-30-22)33-15-17(12-31-33)11-28-21(34)7-9-27-23(35)36-24(2,3)4/h5-6,8,12-16H,7,9-11H2,1-4H3,(H,27,35)(H,28,34)(H,29,30,32). The molecule has 36 heavy (non-hydrogen) atoms. The van der Waals surface area contributed by atoms with Gasteiger partial charge in [-0.1, -0.05) is 11.6 Å². The Bertz CT molecular complexity index is 1160. The van der Waals surface area contributed by atoms with E-state index in [0.29, 0.717) is 29.6 Å². The monoisotopic (exact) mass is 514 g/mol. The van der Waals surface area contributed by atoms with Crippen molar-refractivity contribution in [1.82, 2.24) is 35.4 Å². The Hall–Kier alpha value is -3.73. The fourth-order valence-electron chi connectivity index (χ4n) is 3.12. The number of carbonyl (C=O) groups excluding carboxylic acids is 2. The lowest BCUT2D eigenvalue weighted by Crippen LogP contribution is -2.35. The summed E-state index contributed by atoms with van der Waals surface area (Å²) in [6.07, 6.45) is 8.71. The summed E-state index contributed by atoms with van der Waals surface area (Å²) in [6, 6.07) is 3.64. The number of pyridine rings is 1. The first kappa shape index (κ1) is 26.9. The number of amides is 2. The normalized spacial score (nSPS) is 12.0. The van der Waals surface area contributed by atoms with Crippen molar-refractivity contribution in [1.29, 1.82) is 0 Å². The van der Waals surface area contributed by atoms with E-state index in [2.05, 4.69) is 36.0 Å². The molecular formula is C24H31ClN8O3. The molecule has 0 aliphatic rings. The van der Waals surface area contributed by atoms with Crippen molar-refractivity contribution in [2.24, 2.45) is 0 Å². The fraction of sp³-hybridized carbons (Fsp3) is 0.417. The van der Waals surface area contributed by atoms with Crippen LogP contribution >= 0.6 is 11.6 Å². The number of anilines is 1. The van der Waals surface area contributed by atoms with E-state index in [4.69, 9.17) is 16.3 Å². The van der Waals surface area contributed by atoms with E-state index in [1.165, 1.54) is 0 Å².